The summed E-state index contributed by atoms with van der Waals surface area (Å²) in [6.07, 6.45) is 5.75. The van der Waals surface area contributed by atoms with E-state index in [1.807, 2.05) is 0 Å². The Bertz CT molecular complexity index is 96.7. The molecule has 0 aromatic heterocycles. The number of rotatable bonds is 3. The lowest BCUT2D eigenvalue weighted by Crippen LogP contribution is -1.93. The van der Waals surface area contributed by atoms with Gasteiger partial charge < -0.3 is 0 Å². The normalized spacial score (nSPS) is 23.1. The Kier molecular flexibility index (Phi) is 2.06. The Morgan fingerprint density at radius 3 is 2.62 bits per heavy atom. The molecule has 1 atom stereocenters. The van der Waals surface area contributed by atoms with E-state index in [1.165, 1.54) is 19.3 Å². The van der Waals surface area contributed by atoms with Crippen molar-refractivity contribution >= 4 is 10.8 Å². The highest BCUT2D eigenvalue weighted by Crippen LogP contribution is 2.32. The van der Waals surface area contributed by atoms with E-state index in [0.717, 1.165) is 11.7 Å². The maximum atomic E-state index is 10.5. The third kappa shape index (κ3) is 2.46. The number of hydrogen-bond donors (Lipinski definition) is 0. The van der Waals surface area contributed by atoms with Gasteiger partial charge in [0.05, 0.1) is 0 Å². The zero-order valence-electron chi connectivity index (χ0n) is 5.22. The second kappa shape index (κ2) is 2.62. The molecule has 1 aliphatic carbocycles. The first-order valence-electron chi connectivity index (χ1n) is 3.09. The van der Waals surface area contributed by atoms with Crippen LogP contribution in [-0.4, -0.2) is 16.2 Å². The molecule has 2 heteroatoms. The van der Waals surface area contributed by atoms with Crippen LogP contribution in [0.15, 0.2) is 0 Å². The highest BCUT2D eigenvalue weighted by molar-refractivity contribution is 7.84. The first-order chi connectivity index (χ1) is 3.79. The molecular weight excluding hydrogens is 120 g/mol. The van der Waals surface area contributed by atoms with Gasteiger partial charge in [0.2, 0.25) is 0 Å². The molecule has 1 fully saturated rings. The molecule has 1 unspecified atom stereocenters. The SMILES string of the molecule is CS(=O)CCC1CC1. The standard InChI is InChI=1S/C6H12OS/c1-8(7)5-4-6-2-3-6/h6H,2-5H2,1H3. The molecule has 0 aliphatic heterocycles. The lowest BCUT2D eigenvalue weighted by Gasteiger charge is -1.90. The van der Waals surface area contributed by atoms with Crippen LogP contribution in [0.4, 0.5) is 0 Å². The zero-order chi connectivity index (χ0) is 5.98. The molecule has 48 valence electrons. The van der Waals surface area contributed by atoms with Gasteiger partial charge in [-0.2, -0.15) is 0 Å². The summed E-state index contributed by atoms with van der Waals surface area (Å²) in [6.45, 7) is 0. The predicted molar refractivity (Wildman–Crippen MR) is 36.3 cm³/mol. The molecule has 1 nitrogen and oxygen atoms in total. The third-order valence-electron chi connectivity index (χ3n) is 1.51. The van der Waals surface area contributed by atoms with Crippen molar-refractivity contribution in [1.29, 1.82) is 0 Å². The topological polar surface area (TPSA) is 17.1 Å². The van der Waals surface area contributed by atoms with Crippen LogP contribution in [0.2, 0.25) is 0 Å². The van der Waals surface area contributed by atoms with Crippen LogP contribution in [0.5, 0.6) is 0 Å². The highest BCUT2D eigenvalue weighted by atomic mass is 32.2. The minimum atomic E-state index is -0.546. The van der Waals surface area contributed by atoms with Gasteiger partial charge in [-0.3, -0.25) is 4.21 Å². The summed E-state index contributed by atoms with van der Waals surface area (Å²) in [6, 6.07) is 0. The molecule has 0 spiro atoms. The van der Waals surface area contributed by atoms with Crippen LogP contribution in [0.25, 0.3) is 0 Å². The van der Waals surface area contributed by atoms with Crippen LogP contribution >= 0.6 is 0 Å². The first-order valence-corrected chi connectivity index (χ1v) is 4.82. The van der Waals surface area contributed by atoms with Crippen LogP contribution in [0.1, 0.15) is 19.3 Å². The van der Waals surface area contributed by atoms with Gasteiger partial charge in [-0.15, -0.1) is 0 Å². The van der Waals surface area contributed by atoms with E-state index < -0.39 is 10.8 Å². The molecular formula is C6H12OS. The van der Waals surface area contributed by atoms with Crippen molar-refractivity contribution in [2.24, 2.45) is 5.92 Å². The van der Waals surface area contributed by atoms with Crippen molar-refractivity contribution in [3.05, 3.63) is 0 Å². The molecule has 0 heterocycles. The smallest absolute Gasteiger partial charge is 0.0234 e. The Labute approximate surface area is 52.9 Å². The molecule has 1 saturated carbocycles. The molecule has 0 N–H and O–H groups in total. The second-order valence-corrected chi connectivity index (χ2v) is 4.06. The van der Waals surface area contributed by atoms with Crippen molar-refractivity contribution in [1.82, 2.24) is 0 Å². The Morgan fingerprint density at radius 1 is 1.62 bits per heavy atom. The molecule has 0 aromatic carbocycles. The van der Waals surface area contributed by atoms with Gasteiger partial charge in [0, 0.05) is 22.8 Å². The monoisotopic (exact) mass is 132 g/mol. The Balaban J connectivity index is 1.95. The third-order valence-corrected chi connectivity index (χ3v) is 2.32. The van der Waals surface area contributed by atoms with E-state index in [-0.39, 0.29) is 0 Å². The molecule has 0 bridgehead atoms. The van der Waals surface area contributed by atoms with Crippen molar-refractivity contribution in [3.8, 4) is 0 Å². The van der Waals surface area contributed by atoms with E-state index in [9.17, 15) is 4.21 Å². The van der Waals surface area contributed by atoms with Gasteiger partial charge in [0.15, 0.2) is 0 Å². The van der Waals surface area contributed by atoms with Gasteiger partial charge >= 0.3 is 0 Å². The van der Waals surface area contributed by atoms with E-state index in [0.29, 0.717) is 0 Å². The summed E-state index contributed by atoms with van der Waals surface area (Å²) in [5, 5.41) is 0. The van der Waals surface area contributed by atoms with Gasteiger partial charge in [-0.05, 0) is 12.3 Å². The molecule has 1 rings (SSSR count). The van der Waals surface area contributed by atoms with Crippen molar-refractivity contribution in [3.63, 3.8) is 0 Å². The molecule has 0 radical (unpaired) electrons. The van der Waals surface area contributed by atoms with Gasteiger partial charge in [0.25, 0.3) is 0 Å². The average Bonchev–Trinajstić information content (AvgIpc) is 2.41. The lowest BCUT2D eigenvalue weighted by atomic mass is 10.3. The molecule has 1 aliphatic rings. The van der Waals surface area contributed by atoms with E-state index in [1.54, 1.807) is 6.26 Å². The van der Waals surface area contributed by atoms with E-state index in [2.05, 4.69) is 0 Å². The maximum Gasteiger partial charge on any atom is 0.0234 e. The van der Waals surface area contributed by atoms with Gasteiger partial charge in [0.1, 0.15) is 0 Å². The quantitative estimate of drug-likeness (QED) is 0.563. The summed E-state index contributed by atoms with van der Waals surface area (Å²) in [7, 11) is -0.546. The summed E-state index contributed by atoms with van der Waals surface area (Å²) in [4.78, 5) is 0. The Morgan fingerprint density at radius 2 is 2.25 bits per heavy atom. The van der Waals surface area contributed by atoms with Crippen LogP contribution in [-0.2, 0) is 10.8 Å². The largest absolute Gasteiger partial charge is 0.260 e. The van der Waals surface area contributed by atoms with E-state index >= 15 is 0 Å². The molecule has 0 aromatic rings. The zero-order valence-corrected chi connectivity index (χ0v) is 6.04. The maximum absolute atomic E-state index is 10.5. The van der Waals surface area contributed by atoms with Crippen LogP contribution in [0.3, 0.4) is 0 Å². The fraction of sp³-hybridized carbons (Fsp3) is 1.00. The predicted octanol–water partition coefficient (Wildman–Crippen LogP) is 1.17. The van der Waals surface area contributed by atoms with Crippen molar-refractivity contribution in [2.75, 3.05) is 12.0 Å². The van der Waals surface area contributed by atoms with Crippen LogP contribution < -0.4 is 0 Å². The second-order valence-electron chi connectivity index (χ2n) is 2.51. The summed E-state index contributed by atoms with van der Waals surface area (Å²) in [5.74, 6) is 1.86. The van der Waals surface area contributed by atoms with Crippen LogP contribution in [0, 0.1) is 5.92 Å². The first kappa shape index (κ1) is 6.27. The Hall–Kier alpha value is 0.150. The lowest BCUT2D eigenvalue weighted by molar-refractivity contribution is 0.680. The molecule has 0 saturated heterocycles. The van der Waals surface area contributed by atoms with Crippen molar-refractivity contribution in [2.45, 2.75) is 19.3 Å². The van der Waals surface area contributed by atoms with Gasteiger partial charge in [-0.25, -0.2) is 0 Å². The van der Waals surface area contributed by atoms with E-state index in [4.69, 9.17) is 0 Å². The number of hydrogen-bond acceptors (Lipinski definition) is 1. The van der Waals surface area contributed by atoms with Gasteiger partial charge in [-0.1, -0.05) is 12.8 Å². The molecule has 0 amide bonds. The molecule has 8 heavy (non-hydrogen) atoms. The average molecular weight is 132 g/mol. The minimum absolute atomic E-state index is 0.546. The summed E-state index contributed by atoms with van der Waals surface area (Å²) < 4.78 is 10.5. The fourth-order valence-electron chi connectivity index (χ4n) is 0.739. The fourth-order valence-corrected chi connectivity index (χ4v) is 1.40. The summed E-state index contributed by atoms with van der Waals surface area (Å²) in [5.41, 5.74) is 0. The van der Waals surface area contributed by atoms with Crippen molar-refractivity contribution < 1.29 is 4.21 Å². The highest BCUT2D eigenvalue weighted by Gasteiger charge is 2.20. The minimum Gasteiger partial charge on any atom is -0.260 e. The summed E-state index contributed by atoms with van der Waals surface area (Å²) >= 11 is 0.